The second-order valence-electron chi connectivity index (χ2n) is 9.67. The van der Waals surface area contributed by atoms with Crippen molar-refractivity contribution in [1.82, 2.24) is 14.7 Å². The maximum atomic E-state index is 13.3. The molecule has 33 heavy (non-hydrogen) atoms. The molecule has 0 aromatic heterocycles. The van der Waals surface area contributed by atoms with Crippen molar-refractivity contribution >= 4 is 28.8 Å². The lowest BCUT2D eigenvalue weighted by Crippen LogP contribution is -2.47. The summed E-state index contributed by atoms with van der Waals surface area (Å²) in [6, 6.07) is 9.50. The lowest BCUT2D eigenvalue weighted by molar-refractivity contribution is -0.150. The Hall–Kier alpha value is -2.58. The smallest absolute Gasteiger partial charge is 0.338 e. The van der Waals surface area contributed by atoms with Gasteiger partial charge in [0.15, 0.2) is 5.17 Å². The highest BCUT2D eigenvalue weighted by atomic mass is 32.2. The van der Waals surface area contributed by atoms with Crippen LogP contribution in [0.3, 0.4) is 0 Å². The van der Waals surface area contributed by atoms with Crippen LogP contribution in [0.2, 0.25) is 0 Å². The van der Waals surface area contributed by atoms with E-state index in [1.54, 1.807) is 0 Å². The average molecular weight is 469 g/mol. The number of likely N-dealkylation sites (N-methyl/N-ethyl adjacent to an activating group) is 1. The normalized spacial score (nSPS) is 21.5. The van der Waals surface area contributed by atoms with E-state index in [1.165, 1.54) is 11.8 Å². The first kappa shape index (κ1) is 23.6. The van der Waals surface area contributed by atoms with Gasteiger partial charge in [0.25, 0.3) is 0 Å². The van der Waals surface area contributed by atoms with E-state index >= 15 is 0 Å². The first-order valence-electron chi connectivity index (χ1n) is 11.3. The lowest BCUT2D eigenvalue weighted by Gasteiger charge is -2.38. The van der Waals surface area contributed by atoms with Gasteiger partial charge in [-0.15, -0.1) is 0 Å². The van der Waals surface area contributed by atoms with Crippen LogP contribution in [0.25, 0.3) is 0 Å². The molecule has 3 aliphatic rings. The van der Waals surface area contributed by atoms with Crippen LogP contribution in [-0.4, -0.2) is 70.6 Å². The quantitative estimate of drug-likeness (QED) is 0.627. The summed E-state index contributed by atoms with van der Waals surface area (Å²) in [5, 5.41) is 2.78. The van der Waals surface area contributed by atoms with Gasteiger partial charge in [-0.05, 0) is 45.7 Å². The fourth-order valence-corrected chi connectivity index (χ4v) is 5.20. The Morgan fingerprint density at radius 2 is 1.79 bits per heavy atom. The number of rotatable bonds is 4. The molecule has 0 N–H and O–H groups in total. The standard InChI is InChI=1S/C25H32N4O3S/c1-17-21(23(31)32-25(2,3)4)22(18-9-7-6-8-10-18)29-19(16-33-24(29)26-17)15-20(30)28-13-11-27(5)12-14-28/h6-10,16,22H,11-15H2,1-5H3/t22-/m0/s1. The van der Waals surface area contributed by atoms with E-state index in [0.717, 1.165) is 42.6 Å². The summed E-state index contributed by atoms with van der Waals surface area (Å²) in [5.74, 6) is -0.272. The Balaban J connectivity index is 1.65. The number of aliphatic imine (C=N–C) groups is 1. The minimum absolute atomic E-state index is 0.105. The molecule has 0 radical (unpaired) electrons. The lowest BCUT2D eigenvalue weighted by atomic mass is 9.93. The SMILES string of the molecule is CC1=C(C(=O)OC(C)(C)C)[C@H](c2ccccc2)N2C(CC(=O)N3CCN(C)CC3)=CSC2=N1. The number of benzene rings is 1. The van der Waals surface area contributed by atoms with Crippen molar-refractivity contribution in [2.24, 2.45) is 4.99 Å². The first-order valence-corrected chi connectivity index (χ1v) is 12.2. The zero-order valence-electron chi connectivity index (χ0n) is 20.0. The van der Waals surface area contributed by atoms with Crippen molar-refractivity contribution in [2.45, 2.75) is 45.8 Å². The molecule has 3 heterocycles. The molecule has 1 saturated heterocycles. The van der Waals surface area contributed by atoms with Crippen molar-refractivity contribution in [2.75, 3.05) is 33.2 Å². The van der Waals surface area contributed by atoms with Crippen molar-refractivity contribution in [3.8, 4) is 0 Å². The van der Waals surface area contributed by atoms with Crippen molar-refractivity contribution in [1.29, 1.82) is 0 Å². The Bertz CT molecular complexity index is 1020. The third-order valence-electron chi connectivity index (χ3n) is 5.92. The van der Waals surface area contributed by atoms with Gasteiger partial charge >= 0.3 is 5.97 Å². The fraction of sp³-hybridized carbons (Fsp3) is 0.480. The number of amides is 1. The molecule has 3 aliphatic heterocycles. The number of allylic oxidation sites excluding steroid dienone is 1. The van der Waals surface area contributed by atoms with Gasteiger partial charge in [0.05, 0.1) is 23.7 Å². The monoisotopic (exact) mass is 468 g/mol. The van der Waals surface area contributed by atoms with E-state index in [9.17, 15) is 9.59 Å². The van der Waals surface area contributed by atoms with Gasteiger partial charge in [-0.25, -0.2) is 9.79 Å². The topological polar surface area (TPSA) is 65.5 Å². The molecule has 1 amide bonds. The second-order valence-corrected chi connectivity index (χ2v) is 10.5. The zero-order chi connectivity index (χ0) is 23.8. The van der Waals surface area contributed by atoms with Crippen LogP contribution in [-0.2, 0) is 14.3 Å². The predicted molar refractivity (Wildman–Crippen MR) is 131 cm³/mol. The average Bonchev–Trinajstić information content (AvgIpc) is 3.14. The predicted octanol–water partition coefficient (Wildman–Crippen LogP) is 3.77. The van der Waals surface area contributed by atoms with Crippen LogP contribution in [0.1, 0.15) is 45.7 Å². The van der Waals surface area contributed by atoms with Gasteiger partial charge in [-0.1, -0.05) is 42.1 Å². The zero-order valence-corrected chi connectivity index (χ0v) is 20.8. The third-order valence-corrected chi connectivity index (χ3v) is 6.81. The molecule has 4 rings (SSSR count). The third kappa shape index (κ3) is 5.17. The summed E-state index contributed by atoms with van der Waals surface area (Å²) in [7, 11) is 2.08. The molecule has 1 atom stereocenters. The van der Waals surface area contributed by atoms with E-state index in [2.05, 4.69) is 11.9 Å². The van der Waals surface area contributed by atoms with Crippen molar-refractivity contribution < 1.29 is 14.3 Å². The van der Waals surface area contributed by atoms with E-state index in [-0.39, 0.29) is 18.3 Å². The molecule has 1 aromatic rings. The molecular formula is C25H32N4O3S. The summed E-state index contributed by atoms with van der Waals surface area (Å²) in [5.41, 5.74) is 2.37. The van der Waals surface area contributed by atoms with E-state index in [4.69, 9.17) is 9.73 Å². The van der Waals surface area contributed by atoms with E-state index in [0.29, 0.717) is 11.3 Å². The Morgan fingerprint density at radius 1 is 1.12 bits per heavy atom. The molecule has 1 aromatic carbocycles. The molecule has 7 nitrogen and oxygen atoms in total. The maximum Gasteiger partial charge on any atom is 0.338 e. The van der Waals surface area contributed by atoms with Crippen molar-refractivity contribution in [3.63, 3.8) is 0 Å². The number of thioether (sulfide) groups is 1. The highest BCUT2D eigenvalue weighted by Crippen LogP contribution is 2.45. The van der Waals surface area contributed by atoms with Gasteiger partial charge in [0, 0.05) is 31.9 Å². The molecule has 0 aliphatic carbocycles. The van der Waals surface area contributed by atoms with Gasteiger partial charge in [0.2, 0.25) is 5.91 Å². The van der Waals surface area contributed by atoms with Gasteiger partial charge in [-0.2, -0.15) is 0 Å². The molecule has 1 fully saturated rings. The first-order chi connectivity index (χ1) is 15.6. The van der Waals surface area contributed by atoms with Gasteiger partial charge in [-0.3, -0.25) is 4.79 Å². The molecule has 0 unspecified atom stereocenters. The molecule has 0 saturated carbocycles. The summed E-state index contributed by atoms with van der Waals surface area (Å²) in [4.78, 5) is 37.4. The number of hydrogen-bond acceptors (Lipinski definition) is 7. The van der Waals surface area contributed by atoms with Crippen molar-refractivity contribution in [3.05, 3.63) is 58.3 Å². The molecule has 8 heteroatoms. The van der Waals surface area contributed by atoms with Gasteiger partial charge in [0.1, 0.15) is 5.60 Å². The molecule has 0 spiro atoms. The van der Waals surface area contributed by atoms with E-state index in [1.807, 2.05) is 73.2 Å². The number of ether oxygens (including phenoxy) is 1. The largest absolute Gasteiger partial charge is 0.456 e. The van der Waals surface area contributed by atoms with E-state index < -0.39 is 11.6 Å². The van der Waals surface area contributed by atoms with Gasteiger partial charge < -0.3 is 19.4 Å². The van der Waals surface area contributed by atoms with Crippen LogP contribution in [0.15, 0.2) is 57.7 Å². The highest BCUT2D eigenvalue weighted by molar-refractivity contribution is 8.16. The number of esters is 1. The number of hydrogen-bond donors (Lipinski definition) is 0. The van der Waals surface area contributed by atoms with Crippen LogP contribution < -0.4 is 0 Å². The summed E-state index contributed by atoms with van der Waals surface area (Å²) >= 11 is 1.50. The van der Waals surface area contributed by atoms with Crippen LogP contribution in [0, 0.1) is 0 Å². The number of carbonyl (C=O) groups excluding carboxylic acids is 2. The fourth-order valence-electron chi connectivity index (χ4n) is 4.24. The Labute approximate surface area is 200 Å². The van der Waals surface area contributed by atoms with Crippen LogP contribution in [0.5, 0.6) is 0 Å². The number of fused-ring (bicyclic) bond motifs is 1. The number of nitrogens with zero attached hydrogens (tertiary/aromatic N) is 4. The summed E-state index contributed by atoms with van der Waals surface area (Å²) in [6.45, 7) is 10.7. The molecular weight excluding hydrogens is 436 g/mol. The number of amidine groups is 1. The Kier molecular flexibility index (Phi) is 6.68. The molecule has 176 valence electrons. The minimum atomic E-state index is -0.620. The second kappa shape index (κ2) is 9.35. The summed E-state index contributed by atoms with van der Waals surface area (Å²) in [6.07, 6.45) is 0.277. The van der Waals surface area contributed by atoms with Crippen LogP contribution >= 0.6 is 11.8 Å². The highest BCUT2D eigenvalue weighted by Gasteiger charge is 2.42. The minimum Gasteiger partial charge on any atom is -0.456 e. The van der Waals surface area contributed by atoms with Crippen LogP contribution in [0.4, 0.5) is 0 Å². The summed E-state index contributed by atoms with van der Waals surface area (Å²) < 4.78 is 5.77. The number of carbonyl (C=O) groups is 2. The Morgan fingerprint density at radius 3 is 2.42 bits per heavy atom. The maximum absolute atomic E-state index is 13.3. The number of piperazine rings is 1. The molecule has 0 bridgehead atoms.